The van der Waals surface area contributed by atoms with Crippen LogP contribution in [0.15, 0.2) is 53.5 Å². The topological polar surface area (TPSA) is 109 Å². The van der Waals surface area contributed by atoms with Crippen molar-refractivity contribution < 1.29 is 27.6 Å². The molecule has 2 aliphatic rings. The van der Waals surface area contributed by atoms with E-state index in [0.717, 1.165) is 41.3 Å². The summed E-state index contributed by atoms with van der Waals surface area (Å²) in [4.78, 5) is 46.7. The number of imide groups is 2. The molecule has 4 amide bonds. The SMILES string of the molecule is O=C1C=CC(=O)N1c1ccc(S(=O)(=O)N2C(=O)C=CC2=O)cc1. The van der Waals surface area contributed by atoms with E-state index in [2.05, 4.69) is 0 Å². The van der Waals surface area contributed by atoms with E-state index in [9.17, 15) is 27.6 Å². The van der Waals surface area contributed by atoms with Gasteiger partial charge >= 0.3 is 0 Å². The first-order valence-corrected chi connectivity index (χ1v) is 7.74. The molecule has 0 bridgehead atoms. The zero-order valence-corrected chi connectivity index (χ0v) is 12.2. The average Bonchev–Trinajstić information content (AvgIpc) is 3.02. The normalized spacial score (nSPS) is 17.7. The highest BCUT2D eigenvalue weighted by Gasteiger charge is 2.36. The Morgan fingerprint density at radius 1 is 0.652 bits per heavy atom. The van der Waals surface area contributed by atoms with E-state index in [0.29, 0.717) is 0 Å². The molecule has 0 saturated carbocycles. The molecule has 0 radical (unpaired) electrons. The third-order valence-corrected chi connectivity index (χ3v) is 4.92. The van der Waals surface area contributed by atoms with Gasteiger partial charge in [-0.2, -0.15) is 4.31 Å². The molecule has 0 aromatic heterocycles. The summed E-state index contributed by atoms with van der Waals surface area (Å²) in [5, 5.41) is 0. The van der Waals surface area contributed by atoms with Crippen LogP contribution < -0.4 is 4.90 Å². The number of hydrogen-bond donors (Lipinski definition) is 0. The number of sulfonamides is 1. The Morgan fingerprint density at radius 2 is 1.09 bits per heavy atom. The molecule has 116 valence electrons. The van der Waals surface area contributed by atoms with Crippen LogP contribution in [-0.2, 0) is 29.2 Å². The molecule has 0 fully saturated rings. The minimum absolute atomic E-state index is 0.149. The maximum absolute atomic E-state index is 12.3. The third kappa shape index (κ3) is 2.27. The minimum Gasteiger partial charge on any atom is -0.269 e. The Bertz CT molecular complexity index is 875. The number of amides is 4. The standard InChI is InChI=1S/C14H8N2O6S/c17-11-5-6-12(18)15(11)9-1-3-10(4-2-9)23(21,22)16-13(19)7-8-14(16)20/h1-8H. The fourth-order valence-corrected chi connectivity index (χ4v) is 3.44. The number of carbonyl (C=O) groups is 4. The van der Waals surface area contributed by atoms with E-state index >= 15 is 0 Å². The second kappa shape index (κ2) is 4.99. The lowest BCUT2D eigenvalue weighted by molar-refractivity contribution is -0.131. The molecule has 1 aromatic rings. The molecule has 0 spiro atoms. The first kappa shape index (κ1) is 14.9. The summed E-state index contributed by atoms with van der Waals surface area (Å²) in [6.07, 6.45) is 3.92. The molecule has 0 aliphatic carbocycles. The van der Waals surface area contributed by atoms with Crippen LogP contribution in [0.3, 0.4) is 0 Å². The molecule has 0 unspecified atom stereocenters. The maximum Gasteiger partial charge on any atom is 0.273 e. The summed E-state index contributed by atoms with van der Waals surface area (Å²) in [7, 11) is -4.34. The Labute approximate surface area is 130 Å². The number of benzene rings is 1. The molecule has 23 heavy (non-hydrogen) atoms. The summed E-state index contributed by atoms with van der Waals surface area (Å²) < 4.78 is 24.8. The number of carbonyl (C=O) groups excluding carboxylic acids is 4. The Kier molecular flexibility index (Phi) is 3.22. The summed E-state index contributed by atoms with van der Waals surface area (Å²) in [6, 6.07) is 4.72. The first-order valence-electron chi connectivity index (χ1n) is 6.30. The summed E-state index contributed by atoms with van der Waals surface area (Å²) in [5.41, 5.74) is 0.182. The first-order chi connectivity index (χ1) is 10.8. The highest BCUT2D eigenvalue weighted by Crippen LogP contribution is 2.24. The van der Waals surface area contributed by atoms with E-state index < -0.39 is 33.7 Å². The zero-order valence-electron chi connectivity index (χ0n) is 11.4. The molecule has 1 aromatic carbocycles. The van der Waals surface area contributed by atoms with Crippen molar-refractivity contribution in [1.82, 2.24) is 4.31 Å². The average molecular weight is 332 g/mol. The van der Waals surface area contributed by atoms with Crippen molar-refractivity contribution in [3.8, 4) is 0 Å². The van der Waals surface area contributed by atoms with Gasteiger partial charge in [0.05, 0.1) is 10.6 Å². The molecule has 0 N–H and O–H groups in total. The number of hydrogen-bond acceptors (Lipinski definition) is 6. The van der Waals surface area contributed by atoms with Gasteiger partial charge in [-0.15, -0.1) is 0 Å². The van der Waals surface area contributed by atoms with Gasteiger partial charge < -0.3 is 0 Å². The number of anilines is 1. The lowest BCUT2D eigenvalue weighted by Gasteiger charge is -2.16. The van der Waals surface area contributed by atoms with Gasteiger partial charge in [-0.25, -0.2) is 13.3 Å². The number of rotatable bonds is 3. The summed E-state index contributed by atoms with van der Waals surface area (Å²) in [6.45, 7) is 0. The Hall–Kier alpha value is -3.07. The van der Waals surface area contributed by atoms with Gasteiger partial charge in [0.25, 0.3) is 33.7 Å². The second-order valence-corrected chi connectivity index (χ2v) is 6.41. The molecule has 0 saturated heterocycles. The molecule has 2 heterocycles. The summed E-state index contributed by atoms with van der Waals surface area (Å²) >= 11 is 0. The van der Waals surface area contributed by atoms with Crippen molar-refractivity contribution in [2.75, 3.05) is 4.90 Å². The maximum atomic E-state index is 12.3. The van der Waals surface area contributed by atoms with Gasteiger partial charge in [0.1, 0.15) is 0 Å². The Morgan fingerprint density at radius 3 is 1.57 bits per heavy atom. The molecule has 3 rings (SSSR count). The van der Waals surface area contributed by atoms with Crippen molar-refractivity contribution in [2.24, 2.45) is 0 Å². The van der Waals surface area contributed by atoms with Crippen LogP contribution in [0.2, 0.25) is 0 Å². The molecular formula is C14H8N2O6S. The minimum atomic E-state index is -4.34. The lowest BCUT2D eigenvalue weighted by Crippen LogP contribution is -2.36. The van der Waals surface area contributed by atoms with Gasteiger partial charge in [0.2, 0.25) is 0 Å². The van der Waals surface area contributed by atoms with E-state index in [1.165, 1.54) is 12.1 Å². The fraction of sp³-hybridized carbons (Fsp3) is 0. The highest BCUT2D eigenvalue weighted by molar-refractivity contribution is 7.90. The van der Waals surface area contributed by atoms with E-state index in [4.69, 9.17) is 0 Å². The van der Waals surface area contributed by atoms with Crippen molar-refractivity contribution in [1.29, 1.82) is 0 Å². The van der Waals surface area contributed by atoms with Crippen LogP contribution in [0.4, 0.5) is 5.69 Å². The van der Waals surface area contributed by atoms with Crippen molar-refractivity contribution in [3.05, 3.63) is 48.6 Å². The smallest absolute Gasteiger partial charge is 0.269 e. The zero-order chi connectivity index (χ0) is 16.8. The predicted molar refractivity (Wildman–Crippen MR) is 76.3 cm³/mol. The fourth-order valence-electron chi connectivity index (χ4n) is 2.15. The number of nitrogens with zero attached hydrogens (tertiary/aromatic N) is 2. The van der Waals surface area contributed by atoms with E-state index in [-0.39, 0.29) is 14.9 Å². The Balaban J connectivity index is 1.94. The molecule has 9 heteroatoms. The van der Waals surface area contributed by atoms with Gasteiger partial charge in [0, 0.05) is 24.3 Å². The molecular weight excluding hydrogens is 324 g/mol. The summed E-state index contributed by atoms with van der Waals surface area (Å²) in [5.74, 6) is -2.99. The van der Waals surface area contributed by atoms with Crippen LogP contribution in [0.25, 0.3) is 0 Å². The van der Waals surface area contributed by atoms with Gasteiger partial charge in [-0.1, -0.05) is 0 Å². The van der Waals surface area contributed by atoms with Crippen molar-refractivity contribution in [3.63, 3.8) is 0 Å². The molecule has 8 nitrogen and oxygen atoms in total. The van der Waals surface area contributed by atoms with Crippen LogP contribution in [0.1, 0.15) is 0 Å². The van der Waals surface area contributed by atoms with E-state index in [1.807, 2.05) is 0 Å². The van der Waals surface area contributed by atoms with Crippen molar-refractivity contribution >= 4 is 39.3 Å². The van der Waals surface area contributed by atoms with Gasteiger partial charge in [0.15, 0.2) is 0 Å². The highest BCUT2D eigenvalue weighted by atomic mass is 32.2. The monoisotopic (exact) mass is 332 g/mol. The predicted octanol–water partition coefficient (Wildman–Crippen LogP) is -0.270. The van der Waals surface area contributed by atoms with Crippen LogP contribution in [-0.4, -0.2) is 36.4 Å². The van der Waals surface area contributed by atoms with Crippen LogP contribution in [0.5, 0.6) is 0 Å². The largest absolute Gasteiger partial charge is 0.273 e. The van der Waals surface area contributed by atoms with Crippen LogP contribution >= 0.6 is 0 Å². The second-order valence-electron chi connectivity index (χ2n) is 4.62. The van der Waals surface area contributed by atoms with Crippen LogP contribution in [0, 0.1) is 0 Å². The van der Waals surface area contributed by atoms with Gasteiger partial charge in [-0.3, -0.25) is 19.2 Å². The van der Waals surface area contributed by atoms with E-state index in [1.54, 1.807) is 0 Å². The third-order valence-electron chi connectivity index (χ3n) is 3.21. The van der Waals surface area contributed by atoms with Gasteiger partial charge in [-0.05, 0) is 24.3 Å². The molecule has 2 aliphatic heterocycles. The lowest BCUT2D eigenvalue weighted by atomic mass is 10.3. The molecule has 0 atom stereocenters. The van der Waals surface area contributed by atoms with Crippen molar-refractivity contribution in [2.45, 2.75) is 4.90 Å². The quantitative estimate of drug-likeness (QED) is 0.705.